The zero-order chi connectivity index (χ0) is 15.3. The maximum Gasteiger partial charge on any atom is 0.401 e. The molecule has 8 heteroatoms. The van der Waals surface area contributed by atoms with Crippen molar-refractivity contribution in [2.24, 2.45) is 5.92 Å². The Balaban J connectivity index is 2.38. The summed E-state index contributed by atoms with van der Waals surface area (Å²) in [6, 6.07) is 0. The molecule has 0 unspecified atom stereocenters. The number of amides is 1. The fourth-order valence-electron chi connectivity index (χ4n) is 2.22. The van der Waals surface area contributed by atoms with Crippen molar-refractivity contribution in [2.45, 2.75) is 19.0 Å². The molecule has 1 heterocycles. The highest BCUT2D eigenvalue weighted by molar-refractivity contribution is 5.79. The summed E-state index contributed by atoms with van der Waals surface area (Å²) in [6.45, 7) is -0.642. The Morgan fingerprint density at radius 3 is 2.30 bits per heavy atom. The van der Waals surface area contributed by atoms with Crippen LogP contribution in [0.15, 0.2) is 0 Å². The van der Waals surface area contributed by atoms with Gasteiger partial charge in [-0.25, -0.2) is 0 Å². The zero-order valence-corrected chi connectivity index (χ0v) is 11.6. The van der Waals surface area contributed by atoms with Crippen molar-refractivity contribution in [1.82, 2.24) is 9.80 Å². The largest absolute Gasteiger partial charge is 0.469 e. The van der Waals surface area contributed by atoms with Crippen molar-refractivity contribution < 1.29 is 27.5 Å². The van der Waals surface area contributed by atoms with Gasteiger partial charge in [0.25, 0.3) is 0 Å². The minimum Gasteiger partial charge on any atom is -0.469 e. The van der Waals surface area contributed by atoms with Crippen LogP contribution in [-0.2, 0) is 14.3 Å². The van der Waals surface area contributed by atoms with Gasteiger partial charge in [-0.15, -0.1) is 0 Å². The van der Waals surface area contributed by atoms with E-state index in [1.165, 1.54) is 19.1 Å². The van der Waals surface area contributed by atoms with Crippen LogP contribution in [-0.4, -0.2) is 68.2 Å². The monoisotopic (exact) mass is 296 g/mol. The highest BCUT2D eigenvalue weighted by Crippen LogP contribution is 2.19. The lowest BCUT2D eigenvalue weighted by Crippen LogP contribution is -2.45. The van der Waals surface area contributed by atoms with E-state index in [-0.39, 0.29) is 24.3 Å². The molecule has 0 N–H and O–H groups in total. The molecule has 0 aromatic heterocycles. The van der Waals surface area contributed by atoms with Crippen molar-refractivity contribution in [3.05, 3.63) is 0 Å². The normalized spacial score (nSPS) is 17.4. The van der Waals surface area contributed by atoms with E-state index in [4.69, 9.17) is 0 Å². The van der Waals surface area contributed by atoms with Gasteiger partial charge in [0.15, 0.2) is 0 Å². The molecule has 0 bridgehead atoms. The molecule has 0 aromatic carbocycles. The van der Waals surface area contributed by atoms with Gasteiger partial charge in [0.05, 0.1) is 26.1 Å². The highest BCUT2D eigenvalue weighted by Gasteiger charge is 2.32. The zero-order valence-electron chi connectivity index (χ0n) is 11.6. The minimum atomic E-state index is -4.31. The number of hydrogen-bond donors (Lipinski definition) is 0. The summed E-state index contributed by atoms with van der Waals surface area (Å²) in [5, 5.41) is 0. The van der Waals surface area contributed by atoms with Gasteiger partial charge in [0, 0.05) is 13.1 Å². The fraction of sp³-hybridized carbons (Fsp3) is 0.833. The molecule has 0 spiro atoms. The van der Waals surface area contributed by atoms with Crippen molar-refractivity contribution in [3.8, 4) is 0 Å². The van der Waals surface area contributed by atoms with E-state index in [9.17, 15) is 22.8 Å². The minimum absolute atomic E-state index is 0.225. The summed E-state index contributed by atoms with van der Waals surface area (Å²) in [5.74, 6) is -0.872. The number of carbonyl (C=O) groups is 2. The summed E-state index contributed by atoms with van der Waals surface area (Å²) in [5.41, 5.74) is 0. The molecule has 1 rings (SSSR count). The molecule has 0 aliphatic carbocycles. The number of esters is 1. The average molecular weight is 296 g/mol. The Morgan fingerprint density at radius 1 is 1.30 bits per heavy atom. The van der Waals surface area contributed by atoms with Crippen molar-refractivity contribution in [2.75, 3.05) is 40.3 Å². The molecule has 5 nitrogen and oxygen atoms in total. The Labute approximate surface area is 115 Å². The smallest absolute Gasteiger partial charge is 0.401 e. The van der Waals surface area contributed by atoms with E-state index in [1.54, 1.807) is 0 Å². The van der Waals surface area contributed by atoms with Crippen LogP contribution in [0.1, 0.15) is 12.8 Å². The lowest BCUT2D eigenvalue weighted by atomic mass is 9.97. The number of likely N-dealkylation sites (tertiary alicyclic amines) is 1. The maximum atomic E-state index is 12.2. The van der Waals surface area contributed by atoms with Crippen LogP contribution in [0.4, 0.5) is 13.2 Å². The van der Waals surface area contributed by atoms with Crippen LogP contribution in [0, 0.1) is 5.92 Å². The van der Waals surface area contributed by atoms with Crippen LogP contribution in [0.5, 0.6) is 0 Å². The van der Waals surface area contributed by atoms with Gasteiger partial charge >= 0.3 is 12.1 Å². The number of nitrogens with zero attached hydrogens (tertiary/aromatic N) is 2. The molecule has 0 aromatic rings. The Bertz CT molecular complexity index is 352. The predicted octanol–water partition coefficient (Wildman–Crippen LogP) is 0.892. The van der Waals surface area contributed by atoms with Crippen LogP contribution in [0.3, 0.4) is 0 Å². The third-order valence-electron chi connectivity index (χ3n) is 3.24. The molecule has 1 aliphatic heterocycles. The maximum absolute atomic E-state index is 12.2. The quantitative estimate of drug-likeness (QED) is 0.723. The number of hydrogen-bond acceptors (Lipinski definition) is 4. The molecule has 0 saturated carbocycles. The van der Waals surface area contributed by atoms with E-state index >= 15 is 0 Å². The van der Waals surface area contributed by atoms with Gasteiger partial charge in [0.2, 0.25) is 5.91 Å². The first-order valence-electron chi connectivity index (χ1n) is 6.34. The van der Waals surface area contributed by atoms with Gasteiger partial charge in [0.1, 0.15) is 0 Å². The molecule has 0 radical (unpaired) electrons. The van der Waals surface area contributed by atoms with Gasteiger partial charge < -0.3 is 9.64 Å². The number of methoxy groups -OCH3 is 1. The SMILES string of the molecule is COC(=O)C1CCN(C(=O)CN(C)CC(F)(F)F)CC1. The number of carbonyl (C=O) groups excluding carboxylic acids is 2. The van der Waals surface area contributed by atoms with E-state index in [2.05, 4.69) is 4.74 Å². The second kappa shape index (κ2) is 6.92. The molecule has 0 atom stereocenters. The number of piperidine rings is 1. The highest BCUT2D eigenvalue weighted by atomic mass is 19.4. The van der Waals surface area contributed by atoms with Crippen LogP contribution < -0.4 is 0 Å². The molecule has 1 aliphatic rings. The first kappa shape index (κ1) is 16.7. The van der Waals surface area contributed by atoms with Crippen molar-refractivity contribution in [1.29, 1.82) is 0 Å². The molecule has 1 saturated heterocycles. The Morgan fingerprint density at radius 2 is 1.85 bits per heavy atom. The number of likely N-dealkylation sites (N-methyl/N-ethyl adjacent to an activating group) is 1. The Hall–Kier alpha value is -1.31. The summed E-state index contributed by atoms with van der Waals surface area (Å²) in [4.78, 5) is 25.6. The van der Waals surface area contributed by atoms with Crippen LogP contribution in [0.25, 0.3) is 0 Å². The molecular formula is C12H19F3N2O3. The number of rotatable bonds is 4. The van der Waals surface area contributed by atoms with Crippen LogP contribution in [0.2, 0.25) is 0 Å². The molecule has 116 valence electrons. The average Bonchev–Trinajstić information content (AvgIpc) is 2.35. The summed E-state index contributed by atoms with van der Waals surface area (Å²) >= 11 is 0. The lowest BCUT2D eigenvalue weighted by Gasteiger charge is -2.32. The van der Waals surface area contributed by atoms with E-state index in [0.29, 0.717) is 25.9 Å². The van der Waals surface area contributed by atoms with E-state index in [0.717, 1.165) is 4.90 Å². The van der Waals surface area contributed by atoms with Gasteiger partial charge in [-0.3, -0.25) is 14.5 Å². The summed E-state index contributed by atoms with van der Waals surface area (Å²) < 4.78 is 41.1. The predicted molar refractivity (Wildman–Crippen MR) is 64.9 cm³/mol. The van der Waals surface area contributed by atoms with Gasteiger partial charge in [-0.1, -0.05) is 0 Å². The third-order valence-corrected chi connectivity index (χ3v) is 3.24. The number of alkyl halides is 3. The first-order valence-corrected chi connectivity index (χ1v) is 6.34. The van der Waals surface area contributed by atoms with Gasteiger partial charge in [-0.2, -0.15) is 13.2 Å². The molecule has 20 heavy (non-hydrogen) atoms. The topological polar surface area (TPSA) is 49.9 Å². The third kappa shape index (κ3) is 5.36. The van der Waals surface area contributed by atoms with Crippen molar-refractivity contribution in [3.63, 3.8) is 0 Å². The second-order valence-corrected chi connectivity index (χ2v) is 4.97. The van der Waals surface area contributed by atoms with Crippen LogP contribution >= 0.6 is 0 Å². The standard InChI is InChI=1S/C12H19F3N2O3/c1-16(8-12(13,14)15)7-10(18)17-5-3-9(4-6-17)11(19)20-2/h9H,3-8H2,1-2H3. The van der Waals surface area contributed by atoms with Gasteiger partial charge in [-0.05, 0) is 19.9 Å². The molecule has 1 fully saturated rings. The first-order chi connectivity index (χ1) is 9.23. The molecular weight excluding hydrogens is 277 g/mol. The van der Waals surface area contributed by atoms with E-state index < -0.39 is 12.7 Å². The van der Waals surface area contributed by atoms with Crippen molar-refractivity contribution >= 4 is 11.9 Å². The lowest BCUT2D eigenvalue weighted by molar-refractivity contribution is -0.152. The fourth-order valence-corrected chi connectivity index (χ4v) is 2.22. The second-order valence-electron chi connectivity index (χ2n) is 4.97. The molecule has 1 amide bonds. The Kier molecular flexibility index (Phi) is 5.79. The summed E-state index contributed by atoms with van der Waals surface area (Å²) in [6.07, 6.45) is -3.34. The number of halogens is 3. The van der Waals surface area contributed by atoms with E-state index in [1.807, 2.05) is 0 Å². The number of ether oxygens (including phenoxy) is 1. The summed E-state index contributed by atoms with van der Waals surface area (Å²) in [7, 11) is 2.57.